The lowest BCUT2D eigenvalue weighted by Crippen LogP contribution is -2.26. The molecule has 122 valence electrons. The maximum Gasteiger partial charge on any atom is 0.214 e. The third-order valence-electron chi connectivity index (χ3n) is 4.12. The van der Waals surface area contributed by atoms with Crippen LogP contribution < -0.4 is 0 Å². The van der Waals surface area contributed by atoms with E-state index < -0.39 is 20.0 Å². The summed E-state index contributed by atoms with van der Waals surface area (Å²) in [6.07, 6.45) is 1.35. The second-order valence-electron chi connectivity index (χ2n) is 5.83. The molecule has 2 aliphatic rings. The molecule has 6 nitrogen and oxygen atoms in total. The molecular weight excluding hydrogens is 324 g/mol. The molecule has 0 aliphatic carbocycles. The summed E-state index contributed by atoms with van der Waals surface area (Å²) < 4.78 is 50.4. The first-order valence-corrected chi connectivity index (χ1v) is 10.6. The van der Waals surface area contributed by atoms with Crippen molar-refractivity contribution < 1.29 is 16.8 Å². The van der Waals surface area contributed by atoms with Gasteiger partial charge in [0.15, 0.2) is 0 Å². The van der Waals surface area contributed by atoms with E-state index in [1.165, 1.54) is 8.61 Å². The quantitative estimate of drug-likeness (QED) is 0.808. The Kier molecular flexibility index (Phi) is 4.28. The van der Waals surface area contributed by atoms with E-state index >= 15 is 0 Å². The molecule has 2 fully saturated rings. The maximum absolute atomic E-state index is 11.9. The zero-order valence-corrected chi connectivity index (χ0v) is 13.9. The number of hydrogen-bond donors (Lipinski definition) is 0. The highest BCUT2D eigenvalue weighted by molar-refractivity contribution is 7.89. The summed E-state index contributed by atoms with van der Waals surface area (Å²) in [5.74, 6) is 0.442. The van der Waals surface area contributed by atoms with Gasteiger partial charge in [-0.05, 0) is 24.0 Å². The van der Waals surface area contributed by atoms with Gasteiger partial charge in [-0.2, -0.15) is 8.61 Å². The van der Waals surface area contributed by atoms with Gasteiger partial charge in [0.1, 0.15) is 0 Å². The first-order chi connectivity index (χ1) is 10.4. The van der Waals surface area contributed by atoms with Gasteiger partial charge >= 0.3 is 0 Å². The highest BCUT2D eigenvalue weighted by Gasteiger charge is 2.29. The van der Waals surface area contributed by atoms with Crippen LogP contribution in [0.4, 0.5) is 0 Å². The van der Waals surface area contributed by atoms with Crippen molar-refractivity contribution in [2.45, 2.75) is 25.9 Å². The molecule has 0 radical (unpaired) electrons. The van der Waals surface area contributed by atoms with E-state index in [0.717, 1.165) is 11.1 Å². The van der Waals surface area contributed by atoms with E-state index in [9.17, 15) is 16.8 Å². The molecule has 0 N–H and O–H groups in total. The molecule has 0 unspecified atom stereocenters. The minimum absolute atomic E-state index is 0.221. The molecule has 22 heavy (non-hydrogen) atoms. The van der Waals surface area contributed by atoms with Crippen LogP contribution in [0.15, 0.2) is 24.3 Å². The van der Waals surface area contributed by atoms with Gasteiger partial charge in [0, 0.05) is 26.2 Å². The SMILES string of the molecule is O=S1(=O)CCCN1Cc1cccc(CN2CCCS2(=O)=O)c1. The van der Waals surface area contributed by atoms with Crippen LogP contribution in [0.2, 0.25) is 0 Å². The summed E-state index contributed by atoms with van der Waals surface area (Å²) in [4.78, 5) is 0. The van der Waals surface area contributed by atoms with Crippen molar-refractivity contribution in [1.82, 2.24) is 8.61 Å². The van der Waals surface area contributed by atoms with Gasteiger partial charge in [0.25, 0.3) is 0 Å². The zero-order chi connectivity index (χ0) is 15.8. The Hall–Kier alpha value is -0.960. The van der Waals surface area contributed by atoms with E-state index in [4.69, 9.17) is 0 Å². The largest absolute Gasteiger partial charge is 0.214 e. The van der Waals surface area contributed by atoms with Crippen molar-refractivity contribution in [1.29, 1.82) is 0 Å². The number of sulfonamides is 2. The monoisotopic (exact) mass is 344 g/mol. The Balaban J connectivity index is 1.73. The van der Waals surface area contributed by atoms with E-state index in [1.54, 1.807) is 0 Å². The molecule has 0 aromatic heterocycles. The maximum atomic E-state index is 11.9. The average Bonchev–Trinajstić information content (AvgIpc) is 2.93. The van der Waals surface area contributed by atoms with Crippen LogP contribution >= 0.6 is 0 Å². The van der Waals surface area contributed by atoms with Crippen molar-refractivity contribution in [2.24, 2.45) is 0 Å². The first-order valence-electron chi connectivity index (χ1n) is 7.40. The lowest BCUT2D eigenvalue weighted by Gasteiger charge is -2.17. The van der Waals surface area contributed by atoms with Crippen LogP contribution in [-0.2, 0) is 33.1 Å². The Labute approximate surface area is 131 Å². The molecule has 2 heterocycles. The molecular formula is C14H20N2O4S2. The predicted molar refractivity (Wildman–Crippen MR) is 84.1 cm³/mol. The fourth-order valence-electron chi connectivity index (χ4n) is 2.97. The lowest BCUT2D eigenvalue weighted by molar-refractivity contribution is 0.434. The van der Waals surface area contributed by atoms with Gasteiger partial charge in [-0.15, -0.1) is 0 Å². The second-order valence-corrected chi connectivity index (χ2v) is 10.0. The van der Waals surface area contributed by atoms with Gasteiger partial charge in [-0.25, -0.2) is 16.8 Å². The molecule has 1 aromatic rings. The summed E-state index contributed by atoms with van der Waals surface area (Å²) in [7, 11) is -6.22. The van der Waals surface area contributed by atoms with Crippen LogP contribution in [0.25, 0.3) is 0 Å². The summed E-state index contributed by atoms with van der Waals surface area (Å²) in [6, 6.07) is 7.53. The van der Waals surface area contributed by atoms with Crippen molar-refractivity contribution in [2.75, 3.05) is 24.6 Å². The van der Waals surface area contributed by atoms with E-state index in [1.807, 2.05) is 24.3 Å². The minimum atomic E-state index is -3.11. The standard InChI is InChI=1S/C14H20N2O4S2/c17-21(18)8-2-6-15(21)11-13-4-1-5-14(10-13)12-16-7-3-9-22(16,19)20/h1,4-5,10H,2-3,6-9,11-12H2. The molecule has 0 amide bonds. The number of benzene rings is 1. The molecule has 2 saturated heterocycles. The fourth-order valence-corrected chi connectivity index (χ4v) is 5.98. The van der Waals surface area contributed by atoms with E-state index in [2.05, 4.69) is 0 Å². The van der Waals surface area contributed by atoms with E-state index in [0.29, 0.717) is 39.0 Å². The van der Waals surface area contributed by atoms with Crippen LogP contribution in [0, 0.1) is 0 Å². The van der Waals surface area contributed by atoms with Crippen LogP contribution in [0.5, 0.6) is 0 Å². The molecule has 0 spiro atoms. The second kappa shape index (κ2) is 5.92. The Bertz CT molecular complexity index is 698. The highest BCUT2D eigenvalue weighted by Crippen LogP contribution is 2.20. The van der Waals surface area contributed by atoms with Gasteiger partial charge < -0.3 is 0 Å². The fraction of sp³-hybridized carbons (Fsp3) is 0.571. The third-order valence-corrected chi connectivity index (χ3v) is 7.92. The molecule has 0 atom stereocenters. The number of rotatable bonds is 4. The first kappa shape index (κ1) is 15.9. The van der Waals surface area contributed by atoms with Crippen molar-refractivity contribution >= 4 is 20.0 Å². The Morgan fingerprint density at radius 2 is 1.27 bits per heavy atom. The van der Waals surface area contributed by atoms with Crippen molar-refractivity contribution in [3.05, 3.63) is 35.4 Å². The van der Waals surface area contributed by atoms with Crippen LogP contribution in [-0.4, -0.2) is 50.0 Å². The Morgan fingerprint density at radius 3 is 1.64 bits per heavy atom. The van der Waals surface area contributed by atoms with E-state index in [-0.39, 0.29) is 11.5 Å². The lowest BCUT2D eigenvalue weighted by atomic mass is 10.1. The number of hydrogen-bond acceptors (Lipinski definition) is 4. The molecule has 0 saturated carbocycles. The summed E-state index contributed by atoms with van der Waals surface area (Å²) in [5, 5.41) is 0. The number of nitrogens with zero attached hydrogens (tertiary/aromatic N) is 2. The van der Waals surface area contributed by atoms with Gasteiger partial charge in [0.2, 0.25) is 20.0 Å². The molecule has 0 bridgehead atoms. The summed E-state index contributed by atoms with van der Waals surface area (Å²) >= 11 is 0. The smallest absolute Gasteiger partial charge is 0.212 e. The van der Waals surface area contributed by atoms with Gasteiger partial charge in [0.05, 0.1) is 11.5 Å². The Morgan fingerprint density at radius 1 is 0.818 bits per heavy atom. The molecule has 3 rings (SSSR count). The van der Waals surface area contributed by atoms with Gasteiger partial charge in [-0.1, -0.05) is 24.3 Å². The molecule has 1 aromatic carbocycles. The van der Waals surface area contributed by atoms with Crippen molar-refractivity contribution in [3.63, 3.8) is 0 Å². The van der Waals surface area contributed by atoms with Crippen LogP contribution in [0.3, 0.4) is 0 Å². The summed E-state index contributed by atoms with van der Waals surface area (Å²) in [6.45, 7) is 1.85. The molecule has 2 aliphatic heterocycles. The summed E-state index contributed by atoms with van der Waals surface area (Å²) in [5.41, 5.74) is 1.80. The minimum Gasteiger partial charge on any atom is -0.212 e. The average molecular weight is 344 g/mol. The third kappa shape index (κ3) is 3.34. The topological polar surface area (TPSA) is 74.8 Å². The zero-order valence-electron chi connectivity index (χ0n) is 12.3. The van der Waals surface area contributed by atoms with Crippen molar-refractivity contribution in [3.8, 4) is 0 Å². The van der Waals surface area contributed by atoms with Crippen LogP contribution in [0.1, 0.15) is 24.0 Å². The normalized spacial score (nSPS) is 24.7. The molecule has 8 heteroatoms. The predicted octanol–water partition coefficient (Wildman–Crippen LogP) is 0.758. The van der Waals surface area contributed by atoms with Gasteiger partial charge in [-0.3, -0.25) is 0 Å². The highest BCUT2D eigenvalue weighted by atomic mass is 32.2.